The van der Waals surface area contributed by atoms with Crippen molar-refractivity contribution in [2.24, 2.45) is 11.5 Å². The summed E-state index contributed by atoms with van der Waals surface area (Å²) in [5, 5.41) is 5.22. The summed E-state index contributed by atoms with van der Waals surface area (Å²) in [6.07, 6.45) is 0.305. The Hall–Kier alpha value is -3.39. The maximum atomic E-state index is 12.2. The summed E-state index contributed by atoms with van der Waals surface area (Å²) in [5.41, 5.74) is 14.6. The number of hydrogen-bond donors (Lipinski definition) is 4. The Balaban J connectivity index is 1.43. The molecule has 0 aromatic heterocycles. The number of carbonyl (C=O) groups is 3. The van der Waals surface area contributed by atoms with E-state index in [0.717, 1.165) is 11.1 Å². The number of nitrogens with one attached hydrogen (secondary N) is 2. The molecule has 8 nitrogen and oxygen atoms in total. The van der Waals surface area contributed by atoms with Gasteiger partial charge in [0.05, 0.1) is 6.04 Å². The van der Waals surface area contributed by atoms with Crippen molar-refractivity contribution in [1.29, 1.82) is 0 Å². The Morgan fingerprint density at radius 3 is 2.16 bits per heavy atom. The number of alkyl carbamates (subject to hydrolysis) is 1. The summed E-state index contributed by atoms with van der Waals surface area (Å²) >= 11 is 0. The molecular formula is C24H30N4O4. The monoisotopic (exact) mass is 438 g/mol. The third kappa shape index (κ3) is 5.26. The second-order valence-electron chi connectivity index (χ2n) is 8.48. The van der Waals surface area contributed by atoms with Crippen LogP contribution in [-0.4, -0.2) is 42.6 Å². The molecule has 2 aromatic rings. The minimum Gasteiger partial charge on any atom is -0.449 e. The van der Waals surface area contributed by atoms with Gasteiger partial charge in [0.1, 0.15) is 12.1 Å². The van der Waals surface area contributed by atoms with Gasteiger partial charge in [0.15, 0.2) is 0 Å². The minimum atomic E-state index is -1.17. The summed E-state index contributed by atoms with van der Waals surface area (Å²) in [4.78, 5) is 35.6. The molecule has 32 heavy (non-hydrogen) atoms. The highest BCUT2D eigenvalue weighted by atomic mass is 16.5. The fourth-order valence-electron chi connectivity index (χ4n) is 3.76. The van der Waals surface area contributed by atoms with Crippen LogP contribution in [0.2, 0.25) is 0 Å². The quantitative estimate of drug-likeness (QED) is 0.444. The SMILES string of the molecule is CC(C)(NC(=O)[C@@H](N)CCCNC(=O)OCC1c2ccccc2-c2ccccc21)C(N)=O. The van der Waals surface area contributed by atoms with Crippen molar-refractivity contribution < 1.29 is 19.1 Å². The first-order chi connectivity index (χ1) is 15.2. The van der Waals surface area contributed by atoms with Crippen LogP contribution >= 0.6 is 0 Å². The molecule has 1 aliphatic rings. The maximum absolute atomic E-state index is 12.2. The smallest absolute Gasteiger partial charge is 0.407 e. The molecule has 0 heterocycles. The largest absolute Gasteiger partial charge is 0.449 e. The second-order valence-corrected chi connectivity index (χ2v) is 8.48. The molecule has 170 valence electrons. The molecule has 0 aliphatic heterocycles. The summed E-state index contributed by atoms with van der Waals surface area (Å²) in [6, 6.07) is 15.5. The van der Waals surface area contributed by atoms with Gasteiger partial charge in [0.2, 0.25) is 11.8 Å². The topological polar surface area (TPSA) is 137 Å². The summed E-state index contributed by atoms with van der Waals surface area (Å²) in [6.45, 7) is 3.58. The van der Waals surface area contributed by atoms with E-state index in [9.17, 15) is 14.4 Å². The van der Waals surface area contributed by atoms with Crippen LogP contribution in [0.15, 0.2) is 48.5 Å². The van der Waals surface area contributed by atoms with Gasteiger partial charge in [-0.25, -0.2) is 4.79 Å². The number of amides is 3. The van der Waals surface area contributed by atoms with Crippen molar-refractivity contribution in [3.63, 3.8) is 0 Å². The van der Waals surface area contributed by atoms with Crippen molar-refractivity contribution >= 4 is 17.9 Å². The molecule has 1 aliphatic carbocycles. The van der Waals surface area contributed by atoms with Crippen LogP contribution in [0.3, 0.4) is 0 Å². The van der Waals surface area contributed by atoms with Crippen LogP contribution in [0, 0.1) is 0 Å². The average Bonchev–Trinajstić information content (AvgIpc) is 3.08. The fourth-order valence-corrected chi connectivity index (χ4v) is 3.76. The van der Waals surface area contributed by atoms with E-state index in [0.29, 0.717) is 19.4 Å². The lowest BCUT2D eigenvalue weighted by Gasteiger charge is -2.24. The number of carbonyl (C=O) groups excluding carboxylic acids is 3. The third-order valence-electron chi connectivity index (χ3n) is 5.69. The molecule has 0 unspecified atom stereocenters. The average molecular weight is 439 g/mol. The zero-order chi connectivity index (χ0) is 23.3. The molecule has 0 radical (unpaired) electrons. The highest BCUT2D eigenvalue weighted by Crippen LogP contribution is 2.44. The highest BCUT2D eigenvalue weighted by molar-refractivity contribution is 5.91. The van der Waals surface area contributed by atoms with Crippen LogP contribution < -0.4 is 22.1 Å². The molecular weight excluding hydrogens is 408 g/mol. The Labute approximate surface area is 187 Å². The molecule has 8 heteroatoms. The molecule has 3 amide bonds. The van der Waals surface area contributed by atoms with E-state index in [1.54, 1.807) is 0 Å². The van der Waals surface area contributed by atoms with Crippen LogP contribution in [0.1, 0.15) is 43.7 Å². The van der Waals surface area contributed by atoms with E-state index in [-0.39, 0.29) is 12.5 Å². The zero-order valence-corrected chi connectivity index (χ0v) is 18.4. The number of benzene rings is 2. The number of primary amides is 1. The van der Waals surface area contributed by atoms with E-state index >= 15 is 0 Å². The van der Waals surface area contributed by atoms with Crippen LogP contribution in [-0.2, 0) is 14.3 Å². The minimum absolute atomic E-state index is 0.00104. The van der Waals surface area contributed by atoms with E-state index < -0.39 is 29.5 Å². The van der Waals surface area contributed by atoms with Crippen molar-refractivity contribution in [2.45, 2.75) is 44.2 Å². The van der Waals surface area contributed by atoms with E-state index in [4.69, 9.17) is 16.2 Å². The van der Waals surface area contributed by atoms with Gasteiger partial charge < -0.3 is 26.8 Å². The number of fused-ring (bicyclic) bond motifs is 3. The van der Waals surface area contributed by atoms with Gasteiger partial charge >= 0.3 is 6.09 Å². The first-order valence-corrected chi connectivity index (χ1v) is 10.7. The first kappa shape index (κ1) is 23.3. The van der Waals surface area contributed by atoms with Crippen molar-refractivity contribution in [3.8, 4) is 11.1 Å². The number of hydrogen-bond acceptors (Lipinski definition) is 5. The van der Waals surface area contributed by atoms with Gasteiger partial charge in [0.25, 0.3) is 0 Å². The summed E-state index contributed by atoms with van der Waals surface area (Å²) < 4.78 is 5.47. The predicted molar refractivity (Wildman–Crippen MR) is 122 cm³/mol. The normalized spacial score (nSPS) is 13.6. The standard InChI is InChI=1S/C24H30N4O4/c1-24(2,22(26)30)28-21(29)20(25)12-7-13-27-23(31)32-14-19-17-10-5-3-8-15(17)16-9-4-6-11-18(16)19/h3-6,8-11,19-20H,7,12-14,25H2,1-2H3,(H2,26,30)(H,27,31)(H,28,29)/t20-/m0/s1. The van der Waals surface area contributed by atoms with Gasteiger partial charge in [-0.15, -0.1) is 0 Å². The number of nitrogens with two attached hydrogens (primary N) is 2. The van der Waals surface area contributed by atoms with Crippen LogP contribution in [0.25, 0.3) is 11.1 Å². The van der Waals surface area contributed by atoms with Crippen LogP contribution in [0.4, 0.5) is 4.79 Å². The zero-order valence-electron chi connectivity index (χ0n) is 18.4. The molecule has 2 aromatic carbocycles. The van der Waals surface area contributed by atoms with Crippen molar-refractivity contribution in [1.82, 2.24) is 10.6 Å². The Morgan fingerprint density at radius 2 is 1.59 bits per heavy atom. The molecule has 0 bridgehead atoms. The highest BCUT2D eigenvalue weighted by Gasteiger charge is 2.30. The van der Waals surface area contributed by atoms with Gasteiger partial charge in [0, 0.05) is 12.5 Å². The lowest BCUT2D eigenvalue weighted by Crippen LogP contribution is -2.56. The van der Waals surface area contributed by atoms with Gasteiger partial charge in [-0.2, -0.15) is 0 Å². The molecule has 0 saturated heterocycles. The van der Waals surface area contributed by atoms with E-state index in [1.807, 2.05) is 24.3 Å². The molecule has 6 N–H and O–H groups in total. The van der Waals surface area contributed by atoms with Crippen molar-refractivity contribution in [3.05, 3.63) is 59.7 Å². The molecule has 3 rings (SSSR count). The number of ether oxygens (including phenoxy) is 1. The third-order valence-corrected chi connectivity index (χ3v) is 5.69. The fraction of sp³-hybridized carbons (Fsp3) is 0.375. The van der Waals surface area contributed by atoms with Gasteiger partial charge in [-0.3, -0.25) is 9.59 Å². The maximum Gasteiger partial charge on any atom is 0.407 e. The summed E-state index contributed by atoms with van der Waals surface area (Å²) in [5.74, 6) is -1.11. The van der Waals surface area contributed by atoms with Crippen molar-refractivity contribution in [2.75, 3.05) is 13.2 Å². The lowest BCUT2D eigenvalue weighted by molar-refractivity contribution is -0.131. The molecule has 0 saturated carbocycles. The van der Waals surface area contributed by atoms with E-state index in [1.165, 1.54) is 25.0 Å². The van der Waals surface area contributed by atoms with E-state index in [2.05, 4.69) is 34.9 Å². The first-order valence-electron chi connectivity index (χ1n) is 10.7. The number of rotatable bonds is 9. The Morgan fingerprint density at radius 1 is 1.03 bits per heavy atom. The van der Waals surface area contributed by atoms with Gasteiger partial charge in [-0.05, 0) is 48.9 Å². The van der Waals surface area contributed by atoms with Crippen LogP contribution in [0.5, 0.6) is 0 Å². The summed E-state index contributed by atoms with van der Waals surface area (Å²) in [7, 11) is 0. The lowest BCUT2D eigenvalue weighted by atomic mass is 9.98. The molecule has 1 atom stereocenters. The molecule has 0 fully saturated rings. The Bertz CT molecular complexity index is 959. The second kappa shape index (κ2) is 9.82. The molecule has 0 spiro atoms. The van der Waals surface area contributed by atoms with Gasteiger partial charge in [-0.1, -0.05) is 48.5 Å². The predicted octanol–water partition coefficient (Wildman–Crippen LogP) is 2.01. The Kier molecular flexibility index (Phi) is 7.15.